The van der Waals surface area contributed by atoms with E-state index in [0.717, 1.165) is 19.6 Å². The highest BCUT2D eigenvalue weighted by atomic mass is 32.1. The van der Waals surface area contributed by atoms with Gasteiger partial charge in [0.1, 0.15) is 0 Å². The molecule has 0 aliphatic carbocycles. The van der Waals surface area contributed by atoms with Crippen LogP contribution in [0.2, 0.25) is 0 Å². The number of nitrogens with one attached hydrogen (secondary N) is 2. The number of hydrogen-bond acceptors (Lipinski definition) is 4. The SMILES string of the molecule is Cc1ccc(CNCCNCC(C)O)s1. The Bertz CT molecular complexity index is 273. The van der Waals surface area contributed by atoms with Gasteiger partial charge >= 0.3 is 0 Å². The summed E-state index contributed by atoms with van der Waals surface area (Å²) in [5.74, 6) is 0. The number of rotatable bonds is 7. The average Bonchev–Trinajstić information content (AvgIpc) is 2.57. The van der Waals surface area contributed by atoms with Gasteiger partial charge in [0.2, 0.25) is 0 Å². The summed E-state index contributed by atoms with van der Waals surface area (Å²) in [6.45, 7) is 7.35. The van der Waals surface area contributed by atoms with Crippen LogP contribution < -0.4 is 10.6 Å². The number of aliphatic hydroxyl groups excluding tert-OH is 1. The Kier molecular flexibility index (Phi) is 5.86. The maximum Gasteiger partial charge on any atom is 0.0636 e. The molecule has 1 rings (SSSR count). The van der Waals surface area contributed by atoms with Crippen molar-refractivity contribution in [2.75, 3.05) is 19.6 Å². The lowest BCUT2D eigenvalue weighted by Crippen LogP contribution is -2.31. The molecular weight excluding hydrogens is 208 g/mol. The Balaban J connectivity index is 1.98. The fraction of sp³-hybridized carbons (Fsp3) is 0.636. The van der Waals surface area contributed by atoms with E-state index < -0.39 is 0 Å². The molecule has 0 saturated carbocycles. The van der Waals surface area contributed by atoms with Gasteiger partial charge in [-0.1, -0.05) is 0 Å². The zero-order valence-corrected chi connectivity index (χ0v) is 10.2. The van der Waals surface area contributed by atoms with E-state index in [0.29, 0.717) is 6.54 Å². The van der Waals surface area contributed by atoms with E-state index in [1.807, 2.05) is 11.3 Å². The molecule has 1 atom stereocenters. The summed E-state index contributed by atoms with van der Waals surface area (Å²) >= 11 is 1.83. The van der Waals surface area contributed by atoms with Gasteiger partial charge in [-0.2, -0.15) is 0 Å². The van der Waals surface area contributed by atoms with Crippen LogP contribution in [0, 0.1) is 6.92 Å². The quantitative estimate of drug-likeness (QED) is 0.613. The van der Waals surface area contributed by atoms with Gasteiger partial charge in [0.05, 0.1) is 6.10 Å². The van der Waals surface area contributed by atoms with E-state index in [2.05, 4.69) is 29.7 Å². The molecule has 0 aromatic carbocycles. The molecule has 1 aromatic heterocycles. The Morgan fingerprint density at radius 2 is 2.07 bits per heavy atom. The fourth-order valence-corrected chi connectivity index (χ4v) is 2.14. The van der Waals surface area contributed by atoms with Crippen molar-refractivity contribution < 1.29 is 5.11 Å². The minimum absolute atomic E-state index is 0.259. The predicted molar refractivity (Wildman–Crippen MR) is 65.3 cm³/mol. The first-order chi connectivity index (χ1) is 7.18. The zero-order valence-electron chi connectivity index (χ0n) is 9.42. The van der Waals surface area contributed by atoms with Crippen LogP contribution in [0.4, 0.5) is 0 Å². The minimum Gasteiger partial charge on any atom is -0.392 e. The molecule has 0 fully saturated rings. The van der Waals surface area contributed by atoms with Gasteiger partial charge in [0, 0.05) is 35.9 Å². The highest BCUT2D eigenvalue weighted by Gasteiger charge is 1.96. The third kappa shape index (κ3) is 5.89. The Morgan fingerprint density at radius 3 is 2.67 bits per heavy atom. The molecule has 15 heavy (non-hydrogen) atoms. The lowest BCUT2D eigenvalue weighted by molar-refractivity contribution is 0.191. The largest absolute Gasteiger partial charge is 0.392 e. The van der Waals surface area contributed by atoms with Crippen LogP contribution in [0.15, 0.2) is 12.1 Å². The molecule has 3 N–H and O–H groups in total. The smallest absolute Gasteiger partial charge is 0.0636 e. The summed E-state index contributed by atoms with van der Waals surface area (Å²) in [5, 5.41) is 15.5. The maximum absolute atomic E-state index is 9.01. The molecule has 0 spiro atoms. The molecule has 4 heteroatoms. The van der Waals surface area contributed by atoms with Gasteiger partial charge in [0.15, 0.2) is 0 Å². The van der Waals surface area contributed by atoms with Crippen LogP contribution in [0.1, 0.15) is 16.7 Å². The summed E-state index contributed by atoms with van der Waals surface area (Å²) in [6.07, 6.45) is -0.259. The summed E-state index contributed by atoms with van der Waals surface area (Å²) in [7, 11) is 0. The standard InChI is InChI=1S/C11H20N2OS/c1-9(14)7-12-5-6-13-8-11-4-3-10(2)15-11/h3-4,9,12-14H,5-8H2,1-2H3. The van der Waals surface area contributed by atoms with Crippen LogP contribution in [0.25, 0.3) is 0 Å². The van der Waals surface area contributed by atoms with E-state index in [-0.39, 0.29) is 6.10 Å². The first-order valence-electron chi connectivity index (χ1n) is 5.33. The van der Waals surface area contributed by atoms with Gasteiger partial charge in [-0.3, -0.25) is 0 Å². The van der Waals surface area contributed by atoms with E-state index in [9.17, 15) is 0 Å². The second-order valence-corrected chi connectivity index (χ2v) is 5.11. The van der Waals surface area contributed by atoms with E-state index in [1.165, 1.54) is 9.75 Å². The van der Waals surface area contributed by atoms with Gasteiger partial charge in [-0.05, 0) is 26.0 Å². The highest BCUT2D eigenvalue weighted by molar-refractivity contribution is 7.11. The third-order valence-corrected chi connectivity index (χ3v) is 3.01. The molecule has 0 amide bonds. The highest BCUT2D eigenvalue weighted by Crippen LogP contribution is 2.13. The Morgan fingerprint density at radius 1 is 1.33 bits per heavy atom. The first-order valence-corrected chi connectivity index (χ1v) is 6.15. The molecule has 0 aliphatic rings. The van der Waals surface area contributed by atoms with Gasteiger partial charge in [0.25, 0.3) is 0 Å². The topological polar surface area (TPSA) is 44.3 Å². The summed E-state index contributed by atoms with van der Waals surface area (Å²) in [6, 6.07) is 4.31. The molecule has 1 aromatic rings. The lowest BCUT2D eigenvalue weighted by Gasteiger charge is -2.07. The molecule has 0 bridgehead atoms. The summed E-state index contributed by atoms with van der Waals surface area (Å²) in [5.41, 5.74) is 0. The molecule has 0 saturated heterocycles. The van der Waals surface area contributed by atoms with Crippen LogP contribution in [0.5, 0.6) is 0 Å². The molecule has 1 heterocycles. The van der Waals surface area contributed by atoms with Gasteiger partial charge in [-0.25, -0.2) is 0 Å². The summed E-state index contributed by atoms with van der Waals surface area (Å²) < 4.78 is 0. The molecule has 0 radical (unpaired) electrons. The second kappa shape index (κ2) is 6.95. The number of hydrogen-bond donors (Lipinski definition) is 3. The van der Waals surface area contributed by atoms with E-state index in [4.69, 9.17) is 5.11 Å². The van der Waals surface area contributed by atoms with Crippen LogP contribution in [0.3, 0.4) is 0 Å². The molecule has 86 valence electrons. The maximum atomic E-state index is 9.01. The Hall–Kier alpha value is -0.420. The van der Waals surface area contributed by atoms with Crippen molar-refractivity contribution in [2.45, 2.75) is 26.5 Å². The normalized spacial score (nSPS) is 13.0. The number of aliphatic hydroxyl groups is 1. The Labute approximate surface area is 95.5 Å². The first kappa shape index (κ1) is 12.6. The van der Waals surface area contributed by atoms with Crippen LogP contribution in [-0.4, -0.2) is 30.8 Å². The van der Waals surface area contributed by atoms with Crippen LogP contribution >= 0.6 is 11.3 Å². The molecular formula is C11H20N2OS. The second-order valence-electron chi connectivity index (χ2n) is 3.74. The van der Waals surface area contributed by atoms with Crippen molar-refractivity contribution in [3.05, 3.63) is 21.9 Å². The predicted octanol–water partition coefficient (Wildman–Crippen LogP) is 1.12. The van der Waals surface area contributed by atoms with Crippen LogP contribution in [-0.2, 0) is 6.54 Å². The average molecular weight is 228 g/mol. The molecule has 0 aliphatic heterocycles. The monoisotopic (exact) mass is 228 g/mol. The van der Waals surface area contributed by atoms with Gasteiger partial charge < -0.3 is 15.7 Å². The zero-order chi connectivity index (χ0) is 11.1. The lowest BCUT2D eigenvalue weighted by atomic mass is 10.4. The van der Waals surface area contributed by atoms with E-state index >= 15 is 0 Å². The molecule has 1 unspecified atom stereocenters. The van der Waals surface area contributed by atoms with Crippen molar-refractivity contribution >= 4 is 11.3 Å². The van der Waals surface area contributed by atoms with Crippen molar-refractivity contribution in [1.29, 1.82) is 0 Å². The van der Waals surface area contributed by atoms with Crippen molar-refractivity contribution in [3.63, 3.8) is 0 Å². The van der Waals surface area contributed by atoms with Gasteiger partial charge in [-0.15, -0.1) is 11.3 Å². The molecule has 3 nitrogen and oxygen atoms in total. The van der Waals surface area contributed by atoms with Crippen molar-refractivity contribution in [1.82, 2.24) is 10.6 Å². The number of aryl methyl sites for hydroxylation is 1. The van der Waals surface area contributed by atoms with Crippen molar-refractivity contribution in [2.24, 2.45) is 0 Å². The van der Waals surface area contributed by atoms with E-state index in [1.54, 1.807) is 6.92 Å². The minimum atomic E-state index is -0.259. The van der Waals surface area contributed by atoms with Crippen molar-refractivity contribution in [3.8, 4) is 0 Å². The fourth-order valence-electron chi connectivity index (χ4n) is 1.28. The summed E-state index contributed by atoms with van der Waals surface area (Å²) in [4.78, 5) is 2.74. The number of thiophene rings is 1. The third-order valence-electron chi connectivity index (χ3n) is 2.01.